The number of ether oxygens (including phenoxy) is 2. The lowest BCUT2D eigenvalue weighted by Crippen LogP contribution is -2.22. The quantitative estimate of drug-likeness (QED) is 0.664. The maximum absolute atomic E-state index is 5.49. The molecule has 0 N–H and O–H groups in total. The lowest BCUT2D eigenvalue weighted by atomic mass is 10.1. The molecule has 1 unspecified atom stereocenters. The Hall–Kier alpha value is -0.520. The molecule has 0 saturated carbocycles. The van der Waals surface area contributed by atoms with Crippen molar-refractivity contribution in [2.45, 2.75) is 52.2 Å². The largest absolute Gasteiger partial charge is 0.353 e. The maximum atomic E-state index is 5.49. The third-order valence-corrected chi connectivity index (χ3v) is 2.45. The second-order valence-corrected chi connectivity index (χ2v) is 4.39. The van der Waals surface area contributed by atoms with Gasteiger partial charge in [0.2, 0.25) is 0 Å². The van der Waals surface area contributed by atoms with E-state index in [1.165, 1.54) is 19.3 Å². The molecule has 0 aromatic rings. The van der Waals surface area contributed by atoms with E-state index in [9.17, 15) is 0 Å². The van der Waals surface area contributed by atoms with Crippen molar-refractivity contribution in [2.75, 3.05) is 13.2 Å². The Balaban J connectivity index is 1.99. The monoisotopic (exact) mass is 210 g/mol. The smallest absolute Gasteiger partial charge is 0.158 e. The summed E-state index contributed by atoms with van der Waals surface area (Å²) in [5, 5.41) is 0. The molecule has 0 radical (unpaired) electrons. The molecule has 0 aromatic heterocycles. The number of rotatable bonds is 4. The zero-order valence-corrected chi connectivity index (χ0v) is 9.92. The van der Waals surface area contributed by atoms with Gasteiger partial charge in [-0.15, -0.1) is 5.92 Å². The first-order valence-electron chi connectivity index (χ1n) is 5.98. The Morgan fingerprint density at radius 3 is 2.87 bits per heavy atom. The zero-order valence-electron chi connectivity index (χ0n) is 9.92. The Morgan fingerprint density at radius 1 is 1.33 bits per heavy atom. The minimum Gasteiger partial charge on any atom is -0.353 e. The summed E-state index contributed by atoms with van der Waals surface area (Å²) in [6, 6.07) is 0. The molecule has 1 saturated heterocycles. The van der Waals surface area contributed by atoms with Gasteiger partial charge in [0.05, 0.1) is 0 Å². The molecular weight excluding hydrogens is 188 g/mol. The van der Waals surface area contributed by atoms with E-state index in [0.717, 1.165) is 25.4 Å². The van der Waals surface area contributed by atoms with Crippen LogP contribution in [0.2, 0.25) is 0 Å². The molecule has 1 rings (SSSR count). The van der Waals surface area contributed by atoms with Gasteiger partial charge in [0.25, 0.3) is 0 Å². The van der Waals surface area contributed by atoms with Crippen molar-refractivity contribution in [3.63, 3.8) is 0 Å². The van der Waals surface area contributed by atoms with Gasteiger partial charge in [0, 0.05) is 13.0 Å². The summed E-state index contributed by atoms with van der Waals surface area (Å²) < 4.78 is 10.9. The van der Waals surface area contributed by atoms with E-state index < -0.39 is 0 Å². The average molecular weight is 210 g/mol. The van der Waals surface area contributed by atoms with Gasteiger partial charge >= 0.3 is 0 Å². The van der Waals surface area contributed by atoms with Gasteiger partial charge in [-0.3, -0.25) is 0 Å². The van der Waals surface area contributed by atoms with Gasteiger partial charge in [0.15, 0.2) is 6.29 Å². The SMILES string of the molecule is CC(C)CCC#CCOC1CCCCO1. The second kappa shape index (κ2) is 7.73. The molecular formula is C13H22O2. The molecule has 15 heavy (non-hydrogen) atoms. The molecule has 0 spiro atoms. The molecule has 86 valence electrons. The summed E-state index contributed by atoms with van der Waals surface area (Å²) in [4.78, 5) is 0. The first-order chi connectivity index (χ1) is 7.29. The first-order valence-corrected chi connectivity index (χ1v) is 5.98. The topological polar surface area (TPSA) is 18.5 Å². The average Bonchev–Trinajstić information content (AvgIpc) is 2.24. The molecule has 0 aromatic carbocycles. The van der Waals surface area contributed by atoms with Crippen molar-refractivity contribution in [1.29, 1.82) is 0 Å². The fraction of sp³-hybridized carbons (Fsp3) is 0.846. The molecule has 1 heterocycles. The van der Waals surface area contributed by atoms with E-state index in [1.807, 2.05) is 0 Å². The van der Waals surface area contributed by atoms with Gasteiger partial charge in [-0.25, -0.2) is 0 Å². The molecule has 1 aliphatic rings. The fourth-order valence-corrected chi connectivity index (χ4v) is 1.48. The molecule has 1 atom stereocenters. The van der Waals surface area contributed by atoms with Gasteiger partial charge in [-0.2, -0.15) is 0 Å². The summed E-state index contributed by atoms with van der Waals surface area (Å²) in [6.07, 6.45) is 5.55. The molecule has 0 aliphatic carbocycles. The summed E-state index contributed by atoms with van der Waals surface area (Å²) in [5.74, 6) is 6.90. The Bertz CT molecular complexity index is 206. The summed E-state index contributed by atoms with van der Waals surface area (Å²) in [7, 11) is 0. The standard InChI is InChI=1S/C13H22O2/c1-12(2)8-4-3-6-10-14-13-9-5-7-11-15-13/h12-13H,4-5,7-11H2,1-2H3. The van der Waals surface area contributed by atoms with Crippen LogP contribution in [0.3, 0.4) is 0 Å². The van der Waals surface area contributed by atoms with Crippen molar-refractivity contribution >= 4 is 0 Å². The number of hydrogen-bond donors (Lipinski definition) is 0. The normalized spacial score (nSPS) is 21.1. The van der Waals surface area contributed by atoms with Crippen LogP contribution in [-0.4, -0.2) is 19.5 Å². The highest BCUT2D eigenvalue weighted by molar-refractivity contribution is 4.99. The summed E-state index contributed by atoms with van der Waals surface area (Å²) in [6.45, 7) is 5.79. The minimum absolute atomic E-state index is 0.00171. The Kier molecular flexibility index (Phi) is 6.47. The van der Waals surface area contributed by atoms with Gasteiger partial charge < -0.3 is 9.47 Å². The second-order valence-electron chi connectivity index (χ2n) is 4.39. The van der Waals surface area contributed by atoms with Crippen LogP contribution in [0.15, 0.2) is 0 Å². The Labute approximate surface area is 93.3 Å². The van der Waals surface area contributed by atoms with Gasteiger partial charge in [0.1, 0.15) is 6.61 Å². The van der Waals surface area contributed by atoms with Crippen molar-refractivity contribution in [3.8, 4) is 11.8 Å². The van der Waals surface area contributed by atoms with Crippen LogP contribution in [-0.2, 0) is 9.47 Å². The predicted octanol–water partition coefficient (Wildman–Crippen LogP) is 2.97. The van der Waals surface area contributed by atoms with E-state index in [2.05, 4.69) is 25.7 Å². The molecule has 1 fully saturated rings. The van der Waals surface area contributed by atoms with Gasteiger partial charge in [-0.05, 0) is 31.6 Å². The van der Waals surface area contributed by atoms with Crippen LogP contribution in [0.4, 0.5) is 0 Å². The summed E-state index contributed by atoms with van der Waals surface area (Å²) in [5.41, 5.74) is 0. The fourth-order valence-electron chi connectivity index (χ4n) is 1.48. The van der Waals surface area contributed by atoms with Crippen LogP contribution >= 0.6 is 0 Å². The van der Waals surface area contributed by atoms with E-state index in [4.69, 9.17) is 9.47 Å². The van der Waals surface area contributed by atoms with E-state index >= 15 is 0 Å². The van der Waals surface area contributed by atoms with Crippen LogP contribution in [0.1, 0.15) is 46.0 Å². The first kappa shape index (κ1) is 12.5. The van der Waals surface area contributed by atoms with Crippen LogP contribution < -0.4 is 0 Å². The van der Waals surface area contributed by atoms with E-state index in [-0.39, 0.29) is 6.29 Å². The molecule has 2 nitrogen and oxygen atoms in total. The molecule has 2 heteroatoms. The Morgan fingerprint density at radius 2 is 2.20 bits per heavy atom. The van der Waals surface area contributed by atoms with Crippen molar-refractivity contribution in [2.24, 2.45) is 5.92 Å². The minimum atomic E-state index is -0.00171. The highest BCUT2D eigenvalue weighted by atomic mass is 16.7. The number of hydrogen-bond acceptors (Lipinski definition) is 2. The predicted molar refractivity (Wildman–Crippen MR) is 61.4 cm³/mol. The third-order valence-electron chi connectivity index (χ3n) is 2.45. The van der Waals surface area contributed by atoms with E-state index in [0.29, 0.717) is 6.61 Å². The van der Waals surface area contributed by atoms with Crippen molar-refractivity contribution in [1.82, 2.24) is 0 Å². The summed E-state index contributed by atoms with van der Waals surface area (Å²) >= 11 is 0. The maximum Gasteiger partial charge on any atom is 0.158 e. The lowest BCUT2D eigenvalue weighted by Gasteiger charge is -2.21. The third kappa shape index (κ3) is 6.54. The van der Waals surface area contributed by atoms with E-state index in [1.54, 1.807) is 0 Å². The highest BCUT2D eigenvalue weighted by Crippen LogP contribution is 2.13. The van der Waals surface area contributed by atoms with Crippen LogP contribution in [0.5, 0.6) is 0 Å². The highest BCUT2D eigenvalue weighted by Gasteiger charge is 2.12. The van der Waals surface area contributed by atoms with Crippen LogP contribution in [0.25, 0.3) is 0 Å². The van der Waals surface area contributed by atoms with Crippen LogP contribution in [0, 0.1) is 17.8 Å². The van der Waals surface area contributed by atoms with Gasteiger partial charge in [-0.1, -0.05) is 19.8 Å². The lowest BCUT2D eigenvalue weighted by molar-refractivity contribution is -0.154. The molecule has 0 amide bonds. The van der Waals surface area contributed by atoms with Crippen molar-refractivity contribution in [3.05, 3.63) is 0 Å². The molecule has 1 aliphatic heterocycles. The van der Waals surface area contributed by atoms with Crippen molar-refractivity contribution < 1.29 is 9.47 Å². The zero-order chi connectivity index (χ0) is 10.9. The molecule has 0 bridgehead atoms.